The maximum atomic E-state index is 9.60. The van der Waals surface area contributed by atoms with Crippen LogP contribution in [0.5, 0.6) is 0 Å². The molecule has 0 aromatic heterocycles. The Labute approximate surface area is 142 Å². The van der Waals surface area contributed by atoms with Crippen LogP contribution in [-0.4, -0.2) is 35.1 Å². The summed E-state index contributed by atoms with van der Waals surface area (Å²) >= 11 is 6.55. The van der Waals surface area contributed by atoms with Crippen molar-refractivity contribution in [2.24, 2.45) is 0 Å². The van der Waals surface area contributed by atoms with E-state index in [1.54, 1.807) is 0 Å². The van der Waals surface area contributed by atoms with E-state index in [2.05, 4.69) is 39.4 Å². The first-order valence-electron chi connectivity index (χ1n) is 8.46. The van der Waals surface area contributed by atoms with Crippen LogP contribution in [-0.2, 0) is 4.79 Å². The van der Waals surface area contributed by atoms with Gasteiger partial charge in [0.1, 0.15) is 0 Å². The Balaban J connectivity index is 0. The predicted molar refractivity (Wildman–Crippen MR) is 97.6 cm³/mol. The fraction of sp³-hybridized carbons (Fsp3) is 0.833. The van der Waals surface area contributed by atoms with Crippen molar-refractivity contribution in [3.63, 3.8) is 0 Å². The molecule has 0 saturated heterocycles. The van der Waals surface area contributed by atoms with Crippen LogP contribution in [0.1, 0.15) is 78.6 Å². The minimum Gasteiger partial charge on any atom is -0.478 e. The molecule has 0 amide bonds. The second-order valence-electron chi connectivity index (χ2n) is 6.12. The molecular weight excluding hydrogens is 298 g/mol. The second kappa shape index (κ2) is 14.1. The molecule has 4 heteroatoms. The second-order valence-corrected chi connectivity index (χ2v) is 6.83. The van der Waals surface area contributed by atoms with Crippen LogP contribution < -0.4 is 0 Å². The van der Waals surface area contributed by atoms with E-state index in [9.17, 15) is 4.79 Å². The summed E-state index contributed by atoms with van der Waals surface area (Å²) in [7, 11) is 4.16. The van der Waals surface area contributed by atoms with Crippen molar-refractivity contribution in [2.75, 3.05) is 14.1 Å². The molecule has 0 aliphatic rings. The molecule has 0 spiro atoms. The standard InChI is InChI=1S/C14H30ClN.C4H6O2/c1-5-7-8-9-10-11-12-13-14(15,6-2)16(3)4;1-3(2)4(5)6/h5-13H2,1-4H3;1H2,2H3,(H,5,6). The van der Waals surface area contributed by atoms with Crippen LogP contribution in [0, 0.1) is 0 Å². The molecule has 0 aliphatic carbocycles. The number of hydrogen-bond donors (Lipinski definition) is 1. The van der Waals surface area contributed by atoms with E-state index in [-0.39, 0.29) is 10.6 Å². The van der Waals surface area contributed by atoms with Gasteiger partial charge in [0.2, 0.25) is 0 Å². The molecule has 0 aromatic rings. The normalized spacial score (nSPS) is 13.2. The largest absolute Gasteiger partial charge is 0.478 e. The average molecular weight is 334 g/mol. The minimum absolute atomic E-state index is 0.108. The predicted octanol–water partition coefficient (Wildman–Crippen LogP) is 5.68. The Morgan fingerprint density at radius 3 is 1.82 bits per heavy atom. The smallest absolute Gasteiger partial charge is 0.330 e. The number of nitrogens with zero attached hydrogens (tertiary/aromatic N) is 1. The molecule has 0 aliphatic heterocycles. The van der Waals surface area contributed by atoms with Gasteiger partial charge < -0.3 is 5.11 Å². The van der Waals surface area contributed by atoms with Gasteiger partial charge in [-0.25, -0.2) is 4.79 Å². The summed E-state index contributed by atoms with van der Waals surface area (Å²) in [6, 6.07) is 0. The van der Waals surface area contributed by atoms with Crippen LogP contribution in [0.25, 0.3) is 0 Å². The molecule has 0 saturated carbocycles. The highest BCUT2D eigenvalue weighted by atomic mass is 35.5. The van der Waals surface area contributed by atoms with Crippen LogP contribution in [0.3, 0.4) is 0 Å². The first-order valence-corrected chi connectivity index (χ1v) is 8.84. The van der Waals surface area contributed by atoms with Crippen molar-refractivity contribution in [3.05, 3.63) is 12.2 Å². The van der Waals surface area contributed by atoms with Crippen molar-refractivity contribution in [3.8, 4) is 0 Å². The van der Waals surface area contributed by atoms with Crippen LogP contribution in [0.2, 0.25) is 0 Å². The summed E-state index contributed by atoms with van der Waals surface area (Å²) in [4.78, 5) is 11.7. The third-order valence-electron chi connectivity index (χ3n) is 3.87. The molecular formula is C18H36ClNO2. The van der Waals surface area contributed by atoms with E-state index in [4.69, 9.17) is 16.7 Å². The highest BCUT2D eigenvalue weighted by molar-refractivity contribution is 6.23. The zero-order chi connectivity index (χ0) is 17.6. The molecule has 1 N–H and O–H groups in total. The average Bonchev–Trinajstić information content (AvgIpc) is 2.46. The summed E-state index contributed by atoms with van der Waals surface area (Å²) in [5.74, 6) is -0.935. The Kier molecular flexibility index (Phi) is 15.2. The van der Waals surface area contributed by atoms with Gasteiger partial charge in [-0.3, -0.25) is 4.90 Å². The molecule has 0 bridgehead atoms. The van der Waals surface area contributed by atoms with E-state index in [1.165, 1.54) is 51.9 Å². The fourth-order valence-electron chi connectivity index (χ4n) is 2.07. The molecule has 0 rings (SSSR count). The number of halogens is 1. The number of carboxylic acid groups (broad SMARTS) is 1. The number of aliphatic carboxylic acids is 1. The van der Waals surface area contributed by atoms with Gasteiger partial charge in [-0.15, -0.1) is 11.6 Å². The Hall–Kier alpha value is -0.540. The number of rotatable bonds is 11. The lowest BCUT2D eigenvalue weighted by molar-refractivity contribution is -0.132. The third-order valence-corrected chi connectivity index (χ3v) is 4.67. The monoisotopic (exact) mass is 333 g/mol. The highest BCUT2D eigenvalue weighted by Gasteiger charge is 2.26. The Morgan fingerprint density at radius 2 is 1.50 bits per heavy atom. The van der Waals surface area contributed by atoms with E-state index >= 15 is 0 Å². The van der Waals surface area contributed by atoms with Crippen LogP contribution in [0.15, 0.2) is 12.2 Å². The van der Waals surface area contributed by atoms with Gasteiger partial charge in [0.15, 0.2) is 0 Å². The van der Waals surface area contributed by atoms with Gasteiger partial charge in [0.25, 0.3) is 0 Å². The fourth-order valence-corrected chi connectivity index (χ4v) is 2.20. The lowest BCUT2D eigenvalue weighted by Crippen LogP contribution is -2.37. The molecule has 1 unspecified atom stereocenters. The lowest BCUT2D eigenvalue weighted by atomic mass is 10.0. The third kappa shape index (κ3) is 13.1. The van der Waals surface area contributed by atoms with E-state index in [1.807, 2.05) is 0 Å². The van der Waals surface area contributed by atoms with Crippen molar-refractivity contribution in [1.82, 2.24) is 4.90 Å². The van der Waals surface area contributed by atoms with Gasteiger partial charge in [-0.2, -0.15) is 0 Å². The highest BCUT2D eigenvalue weighted by Crippen LogP contribution is 2.29. The SMILES string of the molecule is C=C(C)C(=O)O.CCCCCCCCCC(Cl)(CC)N(C)C. The van der Waals surface area contributed by atoms with Crippen molar-refractivity contribution < 1.29 is 9.90 Å². The van der Waals surface area contributed by atoms with E-state index in [0.717, 1.165) is 12.8 Å². The molecule has 132 valence electrons. The summed E-state index contributed by atoms with van der Waals surface area (Å²) in [5, 5.41) is 7.89. The van der Waals surface area contributed by atoms with Gasteiger partial charge in [-0.05, 0) is 33.9 Å². The number of carbonyl (C=O) groups is 1. The summed E-state index contributed by atoms with van der Waals surface area (Å²) in [5.41, 5.74) is 0.176. The topological polar surface area (TPSA) is 40.5 Å². The van der Waals surface area contributed by atoms with Crippen molar-refractivity contribution >= 4 is 17.6 Å². The number of carboxylic acids is 1. The molecule has 0 heterocycles. The van der Waals surface area contributed by atoms with Gasteiger partial charge in [0, 0.05) is 5.57 Å². The van der Waals surface area contributed by atoms with Crippen LogP contribution >= 0.6 is 11.6 Å². The molecule has 1 atom stereocenters. The first kappa shape index (κ1) is 23.7. The quantitative estimate of drug-likeness (QED) is 0.229. The molecule has 3 nitrogen and oxygen atoms in total. The first-order chi connectivity index (χ1) is 10.2. The van der Waals surface area contributed by atoms with Crippen molar-refractivity contribution in [2.45, 2.75) is 83.6 Å². The van der Waals surface area contributed by atoms with Crippen LogP contribution in [0.4, 0.5) is 0 Å². The molecule has 0 radical (unpaired) electrons. The molecule has 0 fully saturated rings. The minimum atomic E-state index is -0.935. The maximum Gasteiger partial charge on any atom is 0.330 e. The summed E-state index contributed by atoms with van der Waals surface area (Å²) in [6.45, 7) is 9.04. The zero-order valence-electron chi connectivity index (χ0n) is 15.3. The number of unbranched alkanes of at least 4 members (excludes halogenated alkanes) is 6. The van der Waals surface area contributed by atoms with E-state index in [0.29, 0.717) is 0 Å². The van der Waals surface area contributed by atoms with Gasteiger partial charge >= 0.3 is 5.97 Å². The summed E-state index contributed by atoms with van der Waals surface area (Å²) in [6.07, 6.45) is 11.7. The summed E-state index contributed by atoms with van der Waals surface area (Å²) < 4.78 is 0. The zero-order valence-corrected chi connectivity index (χ0v) is 16.0. The maximum absolute atomic E-state index is 9.60. The molecule has 0 aromatic carbocycles. The lowest BCUT2D eigenvalue weighted by Gasteiger charge is -2.33. The van der Waals surface area contributed by atoms with E-state index < -0.39 is 5.97 Å². The van der Waals surface area contributed by atoms with Crippen molar-refractivity contribution in [1.29, 1.82) is 0 Å². The number of hydrogen-bond acceptors (Lipinski definition) is 2. The number of alkyl halides is 1. The van der Waals surface area contributed by atoms with Gasteiger partial charge in [-0.1, -0.05) is 65.4 Å². The molecule has 22 heavy (non-hydrogen) atoms. The Bertz CT molecular complexity index is 293. The van der Waals surface area contributed by atoms with Gasteiger partial charge in [0.05, 0.1) is 5.00 Å². The Morgan fingerprint density at radius 1 is 1.09 bits per heavy atom.